The summed E-state index contributed by atoms with van der Waals surface area (Å²) < 4.78 is 11.2. The predicted molar refractivity (Wildman–Crippen MR) is 123 cm³/mol. The summed E-state index contributed by atoms with van der Waals surface area (Å²) in [6.07, 6.45) is 0. The van der Waals surface area contributed by atoms with Gasteiger partial charge in [-0.1, -0.05) is 54.9 Å². The summed E-state index contributed by atoms with van der Waals surface area (Å²) in [5.41, 5.74) is 3.04. The number of carbonyl (C=O) groups is 1. The van der Waals surface area contributed by atoms with Crippen LogP contribution in [0.5, 0.6) is 0 Å². The molecule has 162 valence electrons. The Balaban J connectivity index is 1.79. The molecule has 0 saturated carbocycles. The molecule has 7 heteroatoms. The van der Waals surface area contributed by atoms with Gasteiger partial charge in [0.1, 0.15) is 11.3 Å². The van der Waals surface area contributed by atoms with Gasteiger partial charge in [-0.2, -0.15) is 0 Å². The second kappa shape index (κ2) is 7.35. The molecule has 32 heavy (non-hydrogen) atoms. The molecule has 0 N–H and O–H groups in total. The highest BCUT2D eigenvalue weighted by molar-refractivity contribution is 6.32. The minimum absolute atomic E-state index is 0.0165. The number of amides is 1. The van der Waals surface area contributed by atoms with E-state index in [2.05, 4.69) is 19.0 Å². The van der Waals surface area contributed by atoms with Crippen LogP contribution in [0.3, 0.4) is 0 Å². The third-order valence-electron chi connectivity index (χ3n) is 5.93. The number of hydrogen-bond donors (Lipinski definition) is 0. The largest absolute Gasteiger partial charge is 0.450 e. The van der Waals surface area contributed by atoms with Crippen molar-refractivity contribution < 1.29 is 13.7 Å². The lowest BCUT2D eigenvalue weighted by molar-refractivity contribution is 0.0969. The fourth-order valence-electron chi connectivity index (χ4n) is 4.18. The minimum atomic E-state index is -0.691. The van der Waals surface area contributed by atoms with Crippen molar-refractivity contribution in [1.82, 2.24) is 5.16 Å². The van der Waals surface area contributed by atoms with Gasteiger partial charge in [0, 0.05) is 11.1 Å². The molecule has 2 aromatic carbocycles. The van der Waals surface area contributed by atoms with Crippen molar-refractivity contribution in [3.8, 4) is 0 Å². The molecule has 0 radical (unpaired) electrons. The molecule has 0 bridgehead atoms. The lowest BCUT2D eigenvalue weighted by Gasteiger charge is -2.22. The molecule has 1 amide bonds. The Morgan fingerprint density at radius 1 is 1.06 bits per heavy atom. The van der Waals surface area contributed by atoms with Gasteiger partial charge in [0.05, 0.1) is 17.0 Å². The van der Waals surface area contributed by atoms with E-state index in [1.165, 1.54) is 4.90 Å². The van der Waals surface area contributed by atoms with E-state index >= 15 is 0 Å². The van der Waals surface area contributed by atoms with Gasteiger partial charge in [0.15, 0.2) is 11.2 Å². The molecule has 0 fully saturated rings. The first-order valence-electron chi connectivity index (χ1n) is 10.4. The van der Waals surface area contributed by atoms with Crippen molar-refractivity contribution in [2.75, 3.05) is 4.90 Å². The van der Waals surface area contributed by atoms with Crippen LogP contribution in [0.4, 0.5) is 5.82 Å². The molecule has 0 spiro atoms. The monoisotopic (exact) mass is 448 g/mol. The highest BCUT2D eigenvalue weighted by Gasteiger charge is 2.45. The molecule has 3 heterocycles. The van der Waals surface area contributed by atoms with Crippen molar-refractivity contribution in [2.24, 2.45) is 0 Å². The first-order valence-corrected chi connectivity index (χ1v) is 10.8. The van der Waals surface area contributed by atoms with Gasteiger partial charge in [0.2, 0.25) is 5.76 Å². The van der Waals surface area contributed by atoms with Crippen molar-refractivity contribution in [3.63, 3.8) is 0 Å². The molecule has 0 saturated heterocycles. The SMILES string of the molecule is Cc1cc(N2C(=O)c3oc4cc(C)c(Cl)cc4c(=O)c3C2c2ccc(C(C)C)cc2)no1. The van der Waals surface area contributed by atoms with Crippen molar-refractivity contribution in [3.05, 3.63) is 91.5 Å². The van der Waals surface area contributed by atoms with E-state index in [1.54, 1.807) is 25.1 Å². The molecule has 0 aliphatic carbocycles. The van der Waals surface area contributed by atoms with Crippen LogP contribution >= 0.6 is 11.6 Å². The zero-order valence-electron chi connectivity index (χ0n) is 18.1. The van der Waals surface area contributed by atoms with Crippen LogP contribution in [0.15, 0.2) is 56.2 Å². The third kappa shape index (κ3) is 3.06. The first kappa shape index (κ1) is 20.5. The summed E-state index contributed by atoms with van der Waals surface area (Å²) in [5, 5.41) is 4.86. The number of fused-ring (bicyclic) bond motifs is 2. The summed E-state index contributed by atoms with van der Waals surface area (Å²) in [7, 11) is 0. The third-order valence-corrected chi connectivity index (χ3v) is 6.34. The van der Waals surface area contributed by atoms with E-state index in [9.17, 15) is 9.59 Å². The Labute approximate surface area is 189 Å². The fourth-order valence-corrected chi connectivity index (χ4v) is 4.34. The van der Waals surface area contributed by atoms with Crippen molar-refractivity contribution in [2.45, 2.75) is 39.7 Å². The van der Waals surface area contributed by atoms with Crippen LogP contribution in [-0.4, -0.2) is 11.1 Å². The van der Waals surface area contributed by atoms with Gasteiger partial charge < -0.3 is 8.94 Å². The molecule has 5 rings (SSSR count). The van der Waals surface area contributed by atoms with E-state index in [0.29, 0.717) is 33.5 Å². The topological polar surface area (TPSA) is 76.6 Å². The number of hydrogen-bond acceptors (Lipinski definition) is 5. The molecule has 1 aliphatic rings. The van der Waals surface area contributed by atoms with E-state index in [4.69, 9.17) is 20.5 Å². The van der Waals surface area contributed by atoms with E-state index < -0.39 is 11.9 Å². The van der Waals surface area contributed by atoms with Crippen LogP contribution < -0.4 is 10.3 Å². The maximum absolute atomic E-state index is 13.6. The van der Waals surface area contributed by atoms with Gasteiger partial charge in [-0.25, -0.2) is 0 Å². The van der Waals surface area contributed by atoms with Crippen molar-refractivity contribution >= 4 is 34.3 Å². The Bertz CT molecular complexity index is 1430. The van der Waals surface area contributed by atoms with Gasteiger partial charge in [-0.15, -0.1) is 0 Å². The number of rotatable bonds is 3. The average molecular weight is 449 g/mol. The Kier molecular flexibility index (Phi) is 4.71. The Morgan fingerprint density at radius 2 is 1.78 bits per heavy atom. The van der Waals surface area contributed by atoms with Crippen LogP contribution in [0.2, 0.25) is 5.02 Å². The molecular formula is C25H21ClN2O4. The highest BCUT2D eigenvalue weighted by Crippen LogP contribution is 2.41. The van der Waals surface area contributed by atoms with Gasteiger partial charge in [-0.05, 0) is 48.6 Å². The van der Waals surface area contributed by atoms with E-state index in [1.807, 2.05) is 31.2 Å². The zero-order valence-corrected chi connectivity index (χ0v) is 18.9. The molecule has 4 aromatic rings. The lowest BCUT2D eigenvalue weighted by atomic mass is 9.95. The zero-order chi connectivity index (χ0) is 22.7. The van der Waals surface area contributed by atoms with E-state index in [-0.39, 0.29) is 16.8 Å². The molecule has 1 aliphatic heterocycles. The summed E-state index contributed by atoms with van der Waals surface area (Å²) in [6.45, 7) is 7.79. The van der Waals surface area contributed by atoms with Gasteiger partial charge in [-0.3, -0.25) is 14.5 Å². The quantitative estimate of drug-likeness (QED) is 0.388. The number of aryl methyl sites for hydroxylation is 2. The molecule has 1 unspecified atom stereocenters. The Morgan fingerprint density at radius 3 is 2.41 bits per heavy atom. The second-order valence-electron chi connectivity index (χ2n) is 8.47. The number of aromatic nitrogens is 1. The molecule has 2 aromatic heterocycles. The second-order valence-corrected chi connectivity index (χ2v) is 8.87. The number of nitrogens with zero attached hydrogens (tertiary/aromatic N) is 2. The van der Waals surface area contributed by atoms with E-state index in [0.717, 1.165) is 16.7 Å². The number of anilines is 1. The Hall–Kier alpha value is -3.38. The standard InChI is InChI=1S/C25H21ClN2O4/c1-12(2)15-5-7-16(8-6-15)22-21-23(29)17-11-18(26)13(3)9-19(17)31-24(21)25(30)28(22)20-10-14(4)32-27-20/h5-12,22H,1-4H3. The van der Waals surface area contributed by atoms with Gasteiger partial charge >= 0.3 is 0 Å². The molecule has 1 atom stereocenters. The lowest BCUT2D eigenvalue weighted by Crippen LogP contribution is -2.29. The maximum atomic E-state index is 13.6. The smallest absolute Gasteiger partial charge is 0.296 e. The van der Waals surface area contributed by atoms with Crippen LogP contribution in [0, 0.1) is 13.8 Å². The van der Waals surface area contributed by atoms with Crippen LogP contribution in [0.1, 0.15) is 64.4 Å². The summed E-state index contributed by atoms with van der Waals surface area (Å²) >= 11 is 6.29. The minimum Gasteiger partial charge on any atom is -0.450 e. The maximum Gasteiger partial charge on any atom is 0.296 e. The number of benzene rings is 2. The average Bonchev–Trinajstić information content (AvgIpc) is 3.31. The summed E-state index contributed by atoms with van der Waals surface area (Å²) in [5.74, 6) is 0.829. The van der Waals surface area contributed by atoms with Crippen molar-refractivity contribution in [1.29, 1.82) is 0 Å². The summed E-state index contributed by atoms with van der Waals surface area (Å²) in [4.78, 5) is 28.6. The summed E-state index contributed by atoms with van der Waals surface area (Å²) in [6, 6.07) is 12.2. The number of carbonyl (C=O) groups excluding carboxylic acids is 1. The van der Waals surface area contributed by atoms with Crippen LogP contribution in [0.25, 0.3) is 11.0 Å². The molecular weight excluding hydrogens is 428 g/mol. The predicted octanol–water partition coefficient (Wildman–Crippen LogP) is 5.92. The normalized spacial score (nSPS) is 15.8. The van der Waals surface area contributed by atoms with Crippen LogP contribution in [-0.2, 0) is 0 Å². The molecule has 6 nitrogen and oxygen atoms in total. The number of halogens is 1. The van der Waals surface area contributed by atoms with Gasteiger partial charge in [0.25, 0.3) is 5.91 Å². The highest BCUT2D eigenvalue weighted by atomic mass is 35.5. The fraction of sp³-hybridized carbons (Fsp3) is 0.240. The first-order chi connectivity index (χ1) is 15.3.